The van der Waals surface area contributed by atoms with Crippen molar-refractivity contribution in [2.45, 2.75) is 6.54 Å². The highest BCUT2D eigenvalue weighted by molar-refractivity contribution is 9.10. The third kappa shape index (κ3) is 2.99. The van der Waals surface area contributed by atoms with Crippen LogP contribution in [-0.2, 0) is 6.54 Å². The first-order valence-corrected chi connectivity index (χ1v) is 7.10. The Morgan fingerprint density at radius 3 is 2.45 bits per heavy atom. The van der Waals surface area contributed by atoms with Crippen molar-refractivity contribution < 1.29 is 13.2 Å². The predicted molar refractivity (Wildman–Crippen MR) is 79.4 cm³/mol. The van der Waals surface area contributed by atoms with Gasteiger partial charge >= 0.3 is 5.76 Å². The number of benzene rings is 2. The van der Waals surface area contributed by atoms with Gasteiger partial charge in [0, 0.05) is 10.0 Å². The van der Waals surface area contributed by atoms with Crippen LogP contribution in [0.2, 0.25) is 0 Å². The molecule has 2 aromatic carbocycles. The minimum absolute atomic E-state index is 0.100. The zero-order valence-electron chi connectivity index (χ0n) is 11.1. The molecule has 0 saturated heterocycles. The molecule has 7 heteroatoms. The maximum absolute atomic E-state index is 13.1. The second-order valence-electron chi connectivity index (χ2n) is 4.57. The zero-order valence-corrected chi connectivity index (χ0v) is 12.7. The van der Waals surface area contributed by atoms with E-state index in [1.165, 1.54) is 36.4 Å². The fourth-order valence-electron chi connectivity index (χ4n) is 1.93. The van der Waals surface area contributed by atoms with Gasteiger partial charge in [0.1, 0.15) is 11.6 Å². The van der Waals surface area contributed by atoms with E-state index in [2.05, 4.69) is 21.0 Å². The molecule has 1 heterocycles. The van der Waals surface area contributed by atoms with Crippen LogP contribution in [0, 0.1) is 11.6 Å². The van der Waals surface area contributed by atoms with E-state index < -0.39 is 5.76 Å². The standard InChI is InChI=1S/C15H9BrF2N2O2/c16-13-7-12(18)6-3-10(13)8-20-15(21)22-14(19-20)9-1-4-11(17)5-2-9/h1-7H,8H2. The Morgan fingerprint density at radius 1 is 1.09 bits per heavy atom. The molecule has 22 heavy (non-hydrogen) atoms. The Hall–Kier alpha value is -2.28. The lowest BCUT2D eigenvalue weighted by Gasteiger charge is -2.02. The molecule has 0 atom stereocenters. The molecule has 0 aliphatic heterocycles. The topological polar surface area (TPSA) is 48.0 Å². The van der Waals surface area contributed by atoms with E-state index in [4.69, 9.17) is 4.42 Å². The van der Waals surface area contributed by atoms with Crippen LogP contribution in [0.5, 0.6) is 0 Å². The zero-order chi connectivity index (χ0) is 15.7. The number of halogens is 3. The number of aromatic nitrogens is 2. The minimum atomic E-state index is -0.643. The second-order valence-corrected chi connectivity index (χ2v) is 5.43. The molecule has 1 aromatic heterocycles. The van der Waals surface area contributed by atoms with Crippen LogP contribution >= 0.6 is 15.9 Å². The lowest BCUT2D eigenvalue weighted by molar-refractivity contribution is 0.494. The Bertz CT molecular complexity index is 872. The molecule has 0 radical (unpaired) electrons. The third-order valence-corrected chi connectivity index (χ3v) is 3.77. The van der Waals surface area contributed by atoms with Crippen LogP contribution in [0.1, 0.15) is 5.56 Å². The van der Waals surface area contributed by atoms with E-state index in [0.717, 1.165) is 4.68 Å². The molecule has 0 amide bonds. The third-order valence-electron chi connectivity index (χ3n) is 3.03. The summed E-state index contributed by atoms with van der Waals surface area (Å²) in [5, 5.41) is 4.07. The van der Waals surface area contributed by atoms with E-state index >= 15 is 0 Å². The van der Waals surface area contributed by atoms with Gasteiger partial charge in [-0.15, -0.1) is 5.10 Å². The minimum Gasteiger partial charge on any atom is -0.388 e. The number of hydrogen-bond acceptors (Lipinski definition) is 3. The molecule has 0 aliphatic rings. The smallest absolute Gasteiger partial charge is 0.388 e. The first-order chi connectivity index (χ1) is 10.5. The van der Waals surface area contributed by atoms with Crippen LogP contribution in [-0.4, -0.2) is 9.78 Å². The molecule has 0 saturated carbocycles. The van der Waals surface area contributed by atoms with Gasteiger partial charge in [0.15, 0.2) is 0 Å². The maximum atomic E-state index is 13.1. The summed E-state index contributed by atoms with van der Waals surface area (Å²) in [6, 6.07) is 9.61. The fraction of sp³-hybridized carbons (Fsp3) is 0.0667. The molecular formula is C15H9BrF2N2O2. The summed E-state index contributed by atoms with van der Waals surface area (Å²) < 4.78 is 32.7. The fourth-order valence-corrected chi connectivity index (χ4v) is 2.40. The van der Waals surface area contributed by atoms with Crippen molar-refractivity contribution in [2.24, 2.45) is 0 Å². The molecular weight excluding hydrogens is 358 g/mol. The molecule has 0 spiro atoms. The van der Waals surface area contributed by atoms with Crippen LogP contribution in [0.15, 0.2) is 56.1 Å². The van der Waals surface area contributed by atoms with Gasteiger partial charge in [-0.2, -0.15) is 4.68 Å². The van der Waals surface area contributed by atoms with Gasteiger partial charge < -0.3 is 4.42 Å². The maximum Gasteiger partial charge on any atom is 0.437 e. The molecule has 4 nitrogen and oxygen atoms in total. The van der Waals surface area contributed by atoms with Crippen molar-refractivity contribution >= 4 is 15.9 Å². The Labute approximate surface area is 132 Å². The molecule has 3 aromatic rings. The van der Waals surface area contributed by atoms with Crippen molar-refractivity contribution in [3.63, 3.8) is 0 Å². The summed E-state index contributed by atoms with van der Waals surface area (Å²) in [4.78, 5) is 11.8. The summed E-state index contributed by atoms with van der Waals surface area (Å²) in [5.74, 6) is -1.31. The Morgan fingerprint density at radius 2 is 1.77 bits per heavy atom. The SMILES string of the molecule is O=c1oc(-c2ccc(F)cc2)nn1Cc1ccc(F)cc1Br. The van der Waals surface area contributed by atoms with E-state index in [1.807, 2.05) is 0 Å². The van der Waals surface area contributed by atoms with Crippen molar-refractivity contribution in [1.29, 1.82) is 0 Å². The summed E-state index contributed by atoms with van der Waals surface area (Å²) >= 11 is 3.23. The predicted octanol–water partition coefficient (Wildman–Crippen LogP) is 3.59. The number of rotatable bonds is 3. The highest BCUT2D eigenvalue weighted by atomic mass is 79.9. The Balaban J connectivity index is 1.92. The highest BCUT2D eigenvalue weighted by Gasteiger charge is 2.12. The lowest BCUT2D eigenvalue weighted by atomic mass is 10.2. The van der Waals surface area contributed by atoms with Crippen molar-refractivity contribution in [3.8, 4) is 11.5 Å². The monoisotopic (exact) mass is 366 g/mol. The van der Waals surface area contributed by atoms with E-state index in [1.54, 1.807) is 6.07 Å². The average molecular weight is 367 g/mol. The Kier molecular flexibility index (Phi) is 3.89. The van der Waals surface area contributed by atoms with Crippen LogP contribution in [0.4, 0.5) is 8.78 Å². The van der Waals surface area contributed by atoms with Crippen LogP contribution in [0.25, 0.3) is 11.5 Å². The molecule has 0 fully saturated rings. The quantitative estimate of drug-likeness (QED) is 0.711. The first kappa shape index (κ1) is 14.6. The molecule has 3 rings (SSSR count). The van der Waals surface area contributed by atoms with Gasteiger partial charge in [0.25, 0.3) is 0 Å². The second kappa shape index (κ2) is 5.84. The largest absolute Gasteiger partial charge is 0.437 e. The van der Waals surface area contributed by atoms with Gasteiger partial charge in [-0.3, -0.25) is 0 Å². The molecule has 0 unspecified atom stereocenters. The van der Waals surface area contributed by atoms with Crippen LogP contribution < -0.4 is 5.76 Å². The van der Waals surface area contributed by atoms with Gasteiger partial charge in [-0.1, -0.05) is 22.0 Å². The van der Waals surface area contributed by atoms with E-state index in [9.17, 15) is 13.6 Å². The number of nitrogens with zero attached hydrogens (tertiary/aromatic N) is 2. The van der Waals surface area contributed by atoms with Gasteiger partial charge in [0.2, 0.25) is 5.89 Å². The highest BCUT2D eigenvalue weighted by Crippen LogP contribution is 2.20. The average Bonchev–Trinajstić information content (AvgIpc) is 2.84. The van der Waals surface area contributed by atoms with Crippen molar-refractivity contribution in [3.05, 3.63) is 74.7 Å². The summed E-state index contributed by atoms with van der Waals surface area (Å²) in [5.41, 5.74) is 1.18. The summed E-state index contributed by atoms with van der Waals surface area (Å²) in [7, 11) is 0. The van der Waals surface area contributed by atoms with Crippen molar-refractivity contribution in [1.82, 2.24) is 9.78 Å². The first-order valence-electron chi connectivity index (χ1n) is 6.31. The number of hydrogen-bond donors (Lipinski definition) is 0. The summed E-state index contributed by atoms with van der Waals surface area (Å²) in [6.45, 7) is 0.129. The van der Waals surface area contributed by atoms with E-state index in [0.29, 0.717) is 15.6 Å². The molecule has 0 aliphatic carbocycles. The van der Waals surface area contributed by atoms with Crippen molar-refractivity contribution in [2.75, 3.05) is 0 Å². The molecule has 0 N–H and O–H groups in total. The normalized spacial score (nSPS) is 10.9. The lowest BCUT2D eigenvalue weighted by Crippen LogP contribution is -2.16. The van der Waals surface area contributed by atoms with Crippen LogP contribution in [0.3, 0.4) is 0 Å². The van der Waals surface area contributed by atoms with Gasteiger partial charge in [-0.25, -0.2) is 13.6 Å². The van der Waals surface area contributed by atoms with Gasteiger partial charge in [0.05, 0.1) is 6.54 Å². The molecule has 112 valence electrons. The molecule has 0 bridgehead atoms. The van der Waals surface area contributed by atoms with Gasteiger partial charge in [-0.05, 0) is 42.0 Å². The van der Waals surface area contributed by atoms with E-state index in [-0.39, 0.29) is 24.1 Å². The summed E-state index contributed by atoms with van der Waals surface area (Å²) in [6.07, 6.45) is 0.